The number of carbonyl (C=O) groups excluding carboxylic acids is 1. The molecule has 1 amide bonds. The van der Waals surface area contributed by atoms with Crippen LogP contribution in [-0.4, -0.2) is 29.6 Å². The highest BCUT2D eigenvalue weighted by atomic mass is 35.5. The Balaban J connectivity index is 1.72. The van der Waals surface area contributed by atoms with Gasteiger partial charge in [0.25, 0.3) is 5.91 Å². The van der Waals surface area contributed by atoms with Crippen LogP contribution in [0, 0.1) is 0 Å². The van der Waals surface area contributed by atoms with Crippen LogP contribution in [-0.2, 0) is 22.9 Å². The van der Waals surface area contributed by atoms with Gasteiger partial charge in [0.05, 0.1) is 5.75 Å². The lowest BCUT2D eigenvalue weighted by Gasteiger charge is -2.09. The van der Waals surface area contributed by atoms with E-state index in [2.05, 4.69) is 10.3 Å². The third kappa shape index (κ3) is 3.36. The van der Waals surface area contributed by atoms with Gasteiger partial charge < -0.3 is 9.88 Å². The number of aromatic nitrogens is 2. The van der Waals surface area contributed by atoms with Crippen LogP contribution < -0.4 is 5.32 Å². The number of amides is 1. The standard InChI is InChI=1S/C19H16ClN3O3S/c20-15-8-4-5-13(11-15)12-21-18(24)17-16(14-6-2-1-3-7-14)22-19-23(17)9-10-27(19,25)26/h1-8,11H,9-10,12H2,(H,21,24). The number of hydrogen-bond acceptors (Lipinski definition) is 4. The quantitative estimate of drug-likeness (QED) is 0.728. The zero-order valence-corrected chi connectivity index (χ0v) is 15.8. The number of fused-ring (bicyclic) bond motifs is 1. The summed E-state index contributed by atoms with van der Waals surface area (Å²) in [4.78, 5) is 17.2. The van der Waals surface area contributed by atoms with Crippen LogP contribution in [0.2, 0.25) is 5.02 Å². The van der Waals surface area contributed by atoms with Crippen molar-refractivity contribution in [3.8, 4) is 11.3 Å². The third-order valence-electron chi connectivity index (χ3n) is 4.40. The summed E-state index contributed by atoms with van der Waals surface area (Å²) in [5.74, 6) is -0.413. The second kappa shape index (κ2) is 6.83. The van der Waals surface area contributed by atoms with Crippen molar-refractivity contribution in [3.05, 3.63) is 70.9 Å². The highest BCUT2D eigenvalue weighted by molar-refractivity contribution is 7.91. The Morgan fingerprint density at radius 1 is 1.15 bits per heavy atom. The van der Waals surface area contributed by atoms with E-state index in [4.69, 9.17) is 11.6 Å². The van der Waals surface area contributed by atoms with Crippen molar-refractivity contribution in [2.75, 3.05) is 5.75 Å². The molecule has 0 saturated heterocycles. The average molecular weight is 402 g/mol. The fraction of sp³-hybridized carbons (Fsp3) is 0.158. The SMILES string of the molecule is O=C(NCc1cccc(Cl)c1)c1c(-c2ccccc2)nc2n1CCS2(=O)=O. The van der Waals surface area contributed by atoms with E-state index in [9.17, 15) is 13.2 Å². The molecule has 0 saturated carbocycles. The lowest BCUT2D eigenvalue weighted by molar-refractivity contribution is 0.0942. The molecule has 4 rings (SSSR count). The Morgan fingerprint density at radius 2 is 1.93 bits per heavy atom. The number of benzene rings is 2. The number of halogens is 1. The zero-order valence-electron chi connectivity index (χ0n) is 14.2. The Morgan fingerprint density at radius 3 is 2.67 bits per heavy atom. The molecule has 1 aromatic heterocycles. The van der Waals surface area contributed by atoms with Crippen LogP contribution in [0.1, 0.15) is 16.1 Å². The van der Waals surface area contributed by atoms with Gasteiger partial charge in [-0.1, -0.05) is 54.1 Å². The predicted molar refractivity (Wildman–Crippen MR) is 102 cm³/mol. The summed E-state index contributed by atoms with van der Waals surface area (Å²) in [6, 6.07) is 16.3. The Kier molecular flexibility index (Phi) is 4.49. The number of rotatable bonds is 4. The van der Waals surface area contributed by atoms with Gasteiger partial charge in [0.15, 0.2) is 0 Å². The van der Waals surface area contributed by atoms with Gasteiger partial charge in [-0.3, -0.25) is 4.79 Å². The first-order valence-electron chi connectivity index (χ1n) is 8.37. The predicted octanol–water partition coefficient (Wildman–Crippen LogP) is 2.92. The second-order valence-corrected chi connectivity index (χ2v) is 8.68. The van der Waals surface area contributed by atoms with Crippen molar-refractivity contribution < 1.29 is 13.2 Å². The molecule has 0 fully saturated rings. The maximum atomic E-state index is 12.9. The van der Waals surface area contributed by atoms with Crippen LogP contribution in [0.5, 0.6) is 0 Å². The van der Waals surface area contributed by atoms with Crippen LogP contribution in [0.3, 0.4) is 0 Å². The topological polar surface area (TPSA) is 81.1 Å². The van der Waals surface area contributed by atoms with Crippen molar-refractivity contribution in [2.24, 2.45) is 0 Å². The molecule has 1 N–H and O–H groups in total. The lowest BCUT2D eigenvalue weighted by Crippen LogP contribution is -2.26. The summed E-state index contributed by atoms with van der Waals surface area (Å²) >= 11 is 5.98. The van der Waals surface area contributed by atoms with Crippen LogP contribution in [0.25, 0.3) is 11.3 Å². The van der Waals surface area contributed by atoms with Crippen LogP contribution >= 0.6 is 11.6 Å². The van der Waals surface area contributed by atoms with Gasteiger partial charge in [-0.15, -0.1) is 0 Å². The fourth-order valence-corrected chi connectivity index (χ4v) is 4.69. The Hall–Kier alpha value is -2.64. The van der Waals surface area contributed by atoms with E-state index < -0.39 is 9.84 Å². The number of hydrogen-bond donors (Lipinski definition) is 1. The molecule has 8 heteroatoms. The van der Waals surface area contributed by atoms with Crippen molar-refractivity contribution >= 4 is 27.3 Å². The smallest absolute Gasteiger partial charge is 0.270 e. The van der Waals surface area contributed by atoms with E-state index in [1.54, 1.807) is 24.3 Å². The second-order valence-electron chi connectivity index (χ2n) is 6.24. The molecule has 0 radical (unpaired) electrons. The monoisotopic (exact) mass is 401 g/mol. The molecule has 0 unspecified atom stereocenters. The molecule has 6 nitrogen and oxygen atoms in total. The summed E-state index contributed by atoms with van der Waals surface area (Å²) in [5, 5.41) is 3.38. The van der Waals surface area contributed by atoms with Crippen molar-refractivity contribution in [1.82, 2.24) is 14.9 Å². The van der Waals surface area contributed by atoms with Gasteiger partial charge in [0.2, 0.25) is 15.0 Å². The van der Waals surface area contributed by atoms with Crippen LogP contribution in [0.15, 0.2) is 59.8 Å². The number of nitrogens with one attached hydrogen (secondary N) is 1. The van der Waals surface area contributed by atoms with Gasteiger partial charge in [-0.2, -0.15) is 0 Å². The number of imidazole rings is 1. The van der Waals surface area contributed by atoms with E-state index in [0.29, 0.717) is 16.3 Å². The number of nitrogens with zero attached hydrogens (tertiary/aromatic N) is 2. The molecular formula is C19H16ClN3O3S. The van der Waals surface area contributed by atoms with E-state index >= 15 is 0 Å². The fourth-order valence-electron chi connectivity index (χ4n) is 3.12. The molecule has 0 spiro atoms. The first-order chi connectivity index (χ1) is 13.0. The molecule has 2 heterocycles. The van der Waals surface area contributed by atoms with E-state index in [1.165, 1.54) is 4.57 Å². The molecule has 1 aliphatic heterocycles. The lowest BCUT2D eigenvalue weighted by atomic mass is 10.1. The molecule has 27 heavy (non-hydrogen) atoms. The molecular weight excluding hydrogens is 386 g/mol. The summed E-state index contributed by atoms with van der Waals surface area (Å²) < 4.78 is 26.0. The normalized spacial score (nSPS) is 14.7. The van der Waals surface area contributed by atoms with Crippen LogP contribution in [0.4, 0.5) is 0 Å². The molecule has 138 valence electrons. The highest BCUT2D eigenvalue weighted by Crippen LogP contribution is 2.30. The highest BCUT2D eigenvalue weighted by Gasteiger charge is 2.35. The first kappa shape index (κ1) is 17.8. The molecule has 2 aromatic carbocycles. The minimum atomic E-state index is -3.47. The first-order valence-corrected chi connectivity index (χ1v) is 10.4. The Labute approximate surface area is 161 Å². The van der Waals surface area contributed by atoms with Gasteiger partial charge in [-0.05, 0) is 17.7 Å². The van der Waals surface area contributed by atoms with E-state index in [-0.39, 0.29) is 35.6 Å². The van der Waals surface area contributed by atoms with Crippen molar-refractivity contribution in [2.45, 2.75) is 18.2 Å². The summed E-state index contributed by atoms with van der Waals surface area (Å²) in [5.41, 5.74) is 2.19. The number of carbonyl (C=O) groups is 1. The Bertz CT molecular complexity index is 1120. The van der Waals surface area contributed by atoms with Gasteiger partial charge in [0, 0.05) is 23.7 Å². The maximum Gasteiger partial charge on any atom is 0.270 e. The van der Waals surface area contributed by atoms with Gasteiger partial charge in [0.1, 0.15) is 11.4 Å². The minimum Gasteiger partial charge on any atom is -0.347 e. The largest absolute Gasteiger partial charge is 0.347 e. The number of sulfone groups is 1. The molecule has 0 atom stereocenters. The van der Waals surface area contributed by atoms with Crippen molar-refractivity contribution in [1.29, 1.82) is 0 Å². The van der Waals surface area contributed by atoms with Gasteiger partial charge in [-0.25, -0.2) is 13.4 Å². The molecule has 0 aliphatic carbocycles. The zero-order chi connectivity index (χ0) is 19.0. The summed E-state index contributed by atoms with van der Waals surface area (Å²) in [6.07, 6.45) is 0. The summed E-state index contributed by atoms with van der Waals surface area (Å²) in [7, 11) is -3.47. The van der Waals surface area contributed by atoms with Crippen molar-refractivity contribution in [3.63, 3.8) is 0 Å². The third-order valence-corrected chi connectivity index (χ3v) is 6.22. The molecule has 1 aliphatic rings. The summed E-state index contributed by atoms with van der Waals surface area (Å²) in [6.45, 7) is 0.498. The maximum absolute atomic E-state index is 12.9. The van der Waals surface area contributed by atoms with Gasteiger partial charge >= 0.3 is 0 Å². The van der Waals surface area contributed by atoms with E-state index in [1.807, 2.05) is 30.3 Å². The molecule has 3 aromatic rings. The van der Waals surface area contributed by atoms with E-state index in [0.717, 1.165) is 5.56 Å². The minimum absolute atomic E-state index is 0.0427. The average Bonchev–Trinajstić information content (AvgIpc) is 3.18. The molecule has 0 bridgehead atoms.